The lowest BCUT2D eigenvalue weighted by Gasteiger charge is -2.08. The fourth-order valence-electron chi connectivity index (χ4n) is 2.70. The second-order valence-electron chi connectivity index (χ2n) is 5.50. The molecule has 2 aromatic heterocycles. The lowest BCUT2D eigenvalue weighted by Crippen LogP contribution is -2.11. The Kier molecular flexibility index (Phi) is 6.42. The van der Waals surface area contributed by atoms with Crippen LogP contribution in [0.4, 0.5) is 5.13 Å². The number of aryl methyl sites for hydroxylation is 3. The van der Waals surface area contributed by atoms with E-state index < -0.39 is 0 Å². The minimum atomic E-state index is -0.175. The van der Waals surface area contributed by atoms with Crippen molar-refractivity contribution < 1.29 is 4.79 Å². The summed E-state index contributed by atoms with van der Waals surface area (Å²) in [6.45, 7) is 10.3. The van der Waals surface area contributed by atoms with Crippen molar-refractivity contribution in [1.29, 1.82) is 0 Å². The first kappa shape index (κ1) is 18.8. The number of thiazole rings is 1. The summed E-state index contributed by atoms with van der Waals surface area (Å²) < 4.78 is 0. The van der Waals surface area contributed by atoms with Gasteiger partial charge in [0, 0.05) is 28.9 Å². The summed E-state index contributed by atoms with van der Waals surface area (Å²) in [4.78, 5) is 20.6. The van der Waals surface area contributed by atoms with Crippen LogP contribution in [0.15, 0.2) is 42.0 Å². The first-order chi connectivity index (χ1) is 12.0. The number of aromatic nitrogens is 2. The number of rotatable bonds is 3. The van der Waals surface area contributed by atoms with Crippen molar-refractivity contribution in [2.75, 3.05) is 5.32 Å². The van der Waals surface area contributed by atoms with Crippen molar-refractivity contribution in [2.24, 2.45) is 0 Å². The van der Waals surface area contributed by atoms with Gasteiger partial charge in [0.05, 0.1) is 5.69 Å². The number of pyridine rings is 1. The van der Waals surface area contributed by atoms with E-state index in [0.29, 0.717) is 10.7 Å². The van der Waals surface area contributed by atoms with Gasteiger partial charge in [-0.25, -0.2) is 4.98 Å². The minimum Gasteiger partial charge on any atom is -0.298 e. The molecule has 0 saturated heterocycles. The minimum absolute atomic E-state index is 0.175. The van der Waals surface area contributed by atoms with Gasteiger partial charge < -0.3 is 0 Å². The molecule has 2 heterocycles. The molecule has 130 valence electrons. The van der Waals surface area contributed by atoms with E-state index in [9.17, 15) is 4.79 Å². The molecule has 3 rings (SSSR count). The number of nitrogens with zero attached hydrogens (tertiary/aromatic N) is 2. The number of nitrogens with one attached hydrogen (secondary N) is 1. The topological polar surface area (TPSA) is 54.9 Å². The van der Waals surface area contributed by atoms with Gasteiger partial charge in [-0.15, -0.1) is 11.3 Å². The SMILES string of the molecule is CC.Cc1cc(C)c(-c2csc(NC(=O)c3ccncc3)n2)c(C)c1. The summed E-state index contributed by atoms with van der Waals surface area (Å²) >= 11 is 1.43. The monoisotopic (exact) mass is 353 g/mol. The Hall–Kier alpha value is -2.53. The second kappa shape index (κ2) is 8.53. The van der Waals surface area contributed by atoms with E-state index in [-0.39, 0.29) is 5.91 Å². The van der Waals surface area contributed by atoms with Gasteiger partial charge in [-0.05, 0) is 44.0 Å². The molecule has 4 nitrogen and oxygen atoms in total. The molecule has 0 aliphatic carbocycles. The molecule has 0 spiro atoms. The van der Waals surface area contributed by atoms with E-state index in [1.54, 1.807) is 24.5 Å². The number of benzene rings is 1. The van der Waals surface area contributed by atoms with Gasteiger partial charge in [0.2, 0.25) is 0 Å². The van der Waals surface area contributed by atoms with Crippen LogP contribution >= 0.6 is 11.3 Å². The molecule has 0 aliphatic heterocycles. The average molecular weight is 353 g/mol. The quantitative estimate of drug-likeness (QED) is 0.685. The molecule has 25 heavy (non-hydrogen) atoms. The predicted molar refractivity (Wildman–Crippen MR) is 105 cm³/mol. The Labute approximate surface area is 153 Å². The summed E-state index contributed by atoms with van der Waals surface area (Å²) in [6.07, 6.45) is 3.20. The zero-order valence-corrected chi connectivity index (χ0v) is 16.1. The second-order valence-corrected chi connectivity index (χ2v) is 6.36. The van der Waals surface area contributed by atoms with Crippen LogP contribution in [0.3, 0.4) is 0 Å². The Morgan fingerprint density at radius 2 is 1.64 bits per heavy atom. The van der Waals surface area contributed by atoms with Crippen LogP contribution in [0.5, 0.6) is 0 Å². The molecule has 0 radical (unpaired) electrons. The highest BCUT2D eigenvalue weighted by Crippen LogP contribution is 2.31. The number of hydrogen-bond acceptors (Lipinski definition) is 4. The average Bonchev–Trinajstić information content (AvgIpc) is 3.04. The van der Waals surface area contributed by atoms with Gasteiger partial charge in [0.25, 0.3) is 5.91 Å². The molecule has 0 unspecified atom stereocenters. The van der Waals surface area contributed by atoms with Crippen LogP contribution in [0, 0.1) is 20.8 Å². The molecular formula is C20H23N3OS. The molecule has 0 atom stereocenters. The zero-order valence-electron chi connectivity index (χ0n) is 15.3. The molecule has 0 aliphatic rings. The van der Waals surface area contributed by atoms with Crippen molar-refractivity contribution in [3.63, 3.8) is 0 Å². The lowest BCUT2D eigenvalue weighted by molar-refractivity contribution is 0.102. The summed E-state index contributed by atoms with van der Waals surface area (Å²) in [5, 5.41) is 5.42. The Morgan fingerprint density at radius 1 is 1.04 bits per heavy atom. The zero-order chi connectivity index (χ0) is 18.4. The molecular weight excluding hydrogens is 330 g/mol. The van der Waals surface area contributed by atoms with Crippen LogP contribution in [0.2, 0.25) is 0 Å². The van der Waals surface area contributed by atoms with Gasteiger partial charge in [-0.3, -0.25) is 15.1 Å². The molecule has 3 aromatic rings. The third-order valence-corrected chi connectivity index (χ3v) is 4.36. The lowest BCUT2D eigenvalue weighted by atomic mass is 9.98. The highest BCUT2D eigenvalue weighted by molar-refractivity contribution is 7.14. The van der Waals surface area contributed by atoms with Crippen LogP contribution in [-0.4, -0.2) is 15.9 Å². The maximum Gasteiger partial charge on any atom is 0.257 e. The van der Waals surface area contributed by atoms with Gasteiger partial charge in [0.15, 0.2) is 5.13 Å². The van der Waals surface area contributed by atoms with Crippen LogP contribution < -0.4 is 5.32 Å². The highest BCUT2D eigenvalue weighted by atomic mass is 32.1. The first-order valence-electron chi connectivity index (χ1n) is 8.29. The number of anilines is 1. The van der Waals surface area contributed by atoms with E-state index in [1.165, 1.54) is 28.0 Å². The molecule has 0 saturated carbocycles. The van der Waals surface area contributed by atoms with Gasteiger partial charge in [-0.2, -0.15) is 0 Å². The summed E-state index contributed by atoms with van der Waals surface area (Å²) in [7, 11) is 0. The molecule has 5 heteroatoms. The molecule has 0 bridgehead atoms. The standard InChI is InChI=1S/C18H17N3OS.C2H6/c1-11-8-12(2)16(13(3)9-11)15-10-23-18(20-15)21-17(22)14-4-6-19-7-5-14;1-2/h4-10H,1-3H3,(H,20,21,22);1-2H3. The van der Waals surface area contributed by atoms with Gasteiger partial charge in [0.1, 0.15) is 0 Å². The van der Waals surface area contributed by atoms with Crippen molar-refractivity contribution in [2.45, 2.75) is 34.6 Å². The first-order valence-corrected chi connectivity index (χ1v) is 9.17. The van der Waals surface area contributed by atoms with Crippen LogP contribution in [0.25, 0.3) is 11.3 Å². The van der Waals surface area contributed by atoms with E-state index in [2.05, 4.69) is 48.2 Å². The molecule has 1 aromatic carbocycles. The third kappa shape index (κ3) is 4.51. The Morgan fingerprint density at radius 3 is 2.24 bits per heavy atom. The maximum atomic E-state index is 12.2. The summed E-state index contributed by atoms with van der Waals surface area (Å²) in [5.41, 5.74) is 6.23. The van der Waals surface area contributed by atoms with Crippen molar-refractivity contribution in [1.82, 2.24) is 9.97 Å². The number of hydrogen-bond donors (Lipinski definition) is 1. The summed E-state index contributed by atoms with van der Waals surface area (Å²) in [6, 6.07) is 7.66. The van der Waals surface area contributed by atoms with Crippen molar-refractivity contribution in [3.8, 4) is 11.3 Å². The molecule has 1 N–H and O–H groups in total. The van der Waals surface area contributed by atoms with Crippen LogP contribution in [-0.2, 0) is 0 Å². The van der Waals surface area contributed by atoms with Crippen LogP contribution in [0.1, 0.15) is 40.9 Å². The Balaban J connectivity index is 0.00000109. The fraction of sp³-hybridized carbons (Fsp3) is 0.250. The predicted octanol–water partition coefficient (Wildman–Crippen LogP) is 5.41. The van der Waals surface area contributed by atoms with E-state index in [1.807, 2.05) is 19.2 Å². The normalized spacial score (nSPS) is 9.96. The van der Waals surface area contributed by atoms with Gasteiger partial charge in [-0.1, -0.05) is 31.5 Å². The highest BCUT2D eigenvalue weighted by Gasteiger charge is 2.13. The van der Waals surface area contributed by atoms with E-state index in [4.69, 9.17) is 0 Å². The number of carbonyl (C=O) groups is 1. The smallest absolute Gasteiger partial charge is 0.257 e. The van der Waals surface area contributed by atoms with Gasteiger partial charge >= 0.3 is 0 Å². The third-order valence-electron chi connectivity index (χ3n) is 3.60. The molecule has 0 fully saturated rings. The largest absolute Gasteiger partial charge is 0.298 e. The maximum absolute atomic E-state index is 12.2. The number of carbonyl (C=O) groups excluding carboxylic acids is 1. The number of amides is 1. The van der Waals surface area contributed by atoms with E-state index >= 15 is 0 Å². The van der Waals surface area contributed by atoms with Crippen molar-refractivity contribution >= 4 is 22.4 Å². The molecule has 1 amide bonds. The summed E-state index contributed by atoms with van der Waals surface area (Å²) in [5.74, 6) is -0.175. The van der Waals surface area contributed by atoms with Crippen molar-refractivity contribution in [3.05, 3.63) is 64.3 Å². The fourth-order valence-corrected chi connectivity index (χ4v) is 3.40. The Bertz CT molecular complexity index is 833. The van der Waals surface area contributed by atoms with E-state index in [0.717, 1.165) is 11.3 Å².